The summed E-state index contributed by atoms with van der Waals surface area (Å²) in [6.07, 6.45) is 3.47. The third-order valence-corrected chi connectivity index (χ3v) is 4.42. The molecule has 4 aromatic rings. The number of hydrogen-bond acceptors (Lipinski definition) is 5. The van der Waals surface area contributed by atoms with Crippen LogP contribution in [0.25, 0.3) is 28.0 Å². The highest BCUT2D eigenvalue weighted by Gasteiger charge is 2.17. The third-order valence-electron chi connectivity index (χ3n) is 4.42. The molecule has 1 aliphatic rings. The Morgan fingerprint density at radius 3 is 2.85 bits per heavy atom. The van der Waals surface area contributed by atoms with Gasteiger partial charge in [0, 0.05) is 35.2 Å². The number of fused-ring (bicyclic) bond motifs is 2. The van der Waals surface area contributed by atoms with Crippen LogP contribution in [0.15, 0.2) is 53.6 Å². The molecule has 26 heavy (non-hydrogen) atoms. The lowest BCUT2D eigenvalue weighted by molar-refractivity contribution is 0.174. The van der Waals surface area contributed by atoms with E-state index in [9.17, 15) is 4.79 Å². The Morgan fingerprint density at radius 2 is 2.00 bits per heavy atom. The number of pyridine rings is 1. The minimum atomic E-state index is -0.204. The molecule has 3 aromatic heterocycles. The van der Waals surface area contributed by atoms with Gasteiger partial charge < -0.3 is 14.5 Å². The second-order valence-electron chi connectivity index (χ2n) is 6.05. The monoisotopic (exact) mass is 346 g/mol. The first kappa shape index (κ1) is 14.7. The van der Waals surface area contributed by atoms with Crippen molar-refractivity contribution in [2.75, 3.05) is 6.79 Å². The first-order valence-electron chi connectivity index (χ1n) is 8.14. The van der Waals surface area contributed by atoms with Crippen molar-refractivity contribution in [1.29, 1.82) is 0 Å². The summed E-state index contributed by atoms with van der Waals surface area (Å²) in [5.74, 6) is 1.37. The Hall–Kier alpha value is -3.61. The fourth-order valence-electron chi connectivity index (χ4n) is 3.23. The molecule has 1 aromatic carbocycles. The number of aromatic nitrogens is 4. The van der Waals surface area contributed by atoms with Gasteiger partial charge in [-0.05, 0) is 31.2 Å². The molecule has 0 radical (unpaired) electrons. The van der Waals surface area contributed by atoms with E-state index in [0.717, 1.165) is 22.4 Å². The van der Waals surface area contributed by atoms with E-state index < -0.39 is 0 Å². The van der Waals surface area contributed by atoms with Crippen LogP contribution in [-0.4, -0.2) is 26.4 Å². The molecule has 7 nitrogen and oxygen atoms in total. The maximum absolute atomic E-state index is 12.6. The Balaban J connectivity index is 1.75. The lowest BCUT2D eigenvalue weighted by Gasteiger charge is -2.06. The molecule has 0 fully saturated rings. The van der Waals surface area contributed by atoms with E-state index in [2.05, 4.69) is 15.1 Å². The normalized spacial score (nSPS) is 12.7. The number of ether oxygens (including phenoxy) is 2. The van der Waals surface area contributed by atoms with Crippen LogP contribution in [0, 0.1) is 6.92 Å². The smallest absolute Gasteiger partial charge is 0.274 e. The van der Waals surface area contributed by atoms with E-state index in [1.165, 1.54) is 10.6 Å². The molecule has 0 saturated carbocycles. The summed E-state index contributed by atoms with van der Waals surface area (Å²) in [5.41, 5.74) is 4.47. The number of hydrogen-bond donors (Lipinski definition) is 1. The highest BCUT2D eigenvalue weighted by molar-refractivity contribution is 5.80. The van der Waals surface area contributed by atoms with Crippen LogP contribution in [0.1, 0.15) is 5.69 Å². The summed E-state index contributed by atoms with van der Waals surface area (Å²) in [7, 11) is 0. The molecule has 0 amide bonds. The number of nitrogens with one attached hydrogen (secondary N) is 1. The van der Waals surface area contributed by atoms with Crippen molar-refractivity contribution in [2.45, 2.75) is 6.92 Å². The number of H-pyrrole nitrogens is 1. The van der Waals surface area contributed by atoms with Gasteiger partial charge in [0.2, 0.25) is 6.79 Å². The van der Waals surface area contributed by atoms with E-state index in [1.807, 2.05) is 37.3 Å². The van der Waals surface area contributed by atoms with Crippen molar-refractivity contribution in [2.24, 2.45) is 0 Å². The van der Waals surface area contributed by atoms with Crippen molar-refractivity contribution in [3.05, 3.63) is 64.8 Å². The van der Waals surface area contributed by atoms with Crippen LogP contribution in [0.4, 0.5) is 0 Å². The topological polar surface area (TPSA) is 81.5 Å². The van der Waals surface area contributed by atoms with Crippen molar-refractivity contribution in [3.63, 3.8) is 0 Å². The lowest BCUT2D eigenvalue weighted by Crippen LogP contribution is -2.14. The molecule has 128 valence electrons. The predicted molar refractivity (Wildman–Crippen MR) is 95.3 cm³/mol. The van der Waals surface area contributed by atoms with Crippen LogP contribution in [0.2, 0.25) is 0 Å². The molecule has 4 heterocycles. The minimum absolute atomic E-state index is 0.204. The molecule has 0 saturated heterocycles. The second kappa shape index (κ2) is 5.45. The van der Waals surface area contributed by atoms with Gasteiger partial charge in [0.05, 0.1) is 11.4 Å². The molecule has 1 aliphatic heterocycles. The van der Waals surface area contributed by atoms with Crippen molar-refractivity contribution >= 4 is 5.65 Å². The zero-order valence-electron chi connectivity index (χ0n) is 13.9. The highest BCUT2D eigenvalue weighted by atomic mass is 16.7. The first-order chi connectivity index (χ1) is 12.7. The maximum atomic E-state index is 12.6. The van der Waals surface area contributed by atoms with E-state index in [1.54, 1.807) is 12.4 Å². The zero-order valence-corrected chi connectivity index (χ0v) is 13.9. The third kappa shape index (κ3) is 2.17. The summed E-state index contributed by atoms with van der Waals surface area (Å²) in [6, 6.07) is 10.9. The molecule has 0 bridgehead atoms. The van der Waals surface area contributed by atoms with Crippen LogP contribution >= 0.6 is 0 Å². The highest BCUT2D eigenvalue weighted by Crippen LogP contribution is 2.35. The largest absolute Gasteiger partial charge is 0.454 e. The molecular formula is C19H14N4O3. The van der Waals surface area contributed by atoms with Gasteiger partial charge in [-0.15, -0.1) is 0 Å². The number of aromatic amines is 1. The number of nitrogens with zero attached hydrogens (tertiary/aromatic N) is 3. The Morgan fingerprint density at radius 1 is 1.12 bits per heavy atom. The summed E-state index contributed by atoms with van der Waals surface area (Å²) >= 11 is 0. The average molecular weight is 346 g/mol. The van der Waals surface area contributed by atoms with Gasteiger partial charge in [0.1, 0.15) is 5.65 Å². The van der Waals surface area contributed by atoms with E-state index in [-0.39, 0.29) is 12.4 Å². The molecule has 0 unspecified atom stereocenters. The molecule has 7 heteroatoms. The lowest BCUT2D eigenvalue weighted by atomic mass is 10.1. The van der Waals surface area contributed by atoms with Gasteiger partial charge in [-0.2, -0.15) is 9.61 Å². The number of rotatable bonds is 2. The van der Waals surface area contributed by atoms with Crippen molar-refractivity contribution in [1.82, 2.24) is 19.6 Å². The van der Waals surface area contributed by atoms with Gasteiger partial charge in [0.25, 0.3) is 5.56 Å². The predicted octanol–water partition coefficient (Wildman–Crippen LogP) is 2.79. The van der Waals surface area contributed by atoms with E-state index in [4.69, 9.17) is 9.47 Å². The molecular weight excluding hydrogens is 332 g/mol. The Kier molecular flexibility index (Phi) is 3.08. The van der Waals surface area contributed by atoms with Gasteiger partial charge in [-0.25, -0.2) is 0 Å². The van der Waals surface area contributed by atoms with Crippen LogP contribution in [-0.2, 0) is 0 Å². The molecule has 5 rings (SSSR count). The summed E-state index contributed by atoms with van der Waals surface area (Å²) in [5, 5.41) is 4.38. The number of aryl methyl sites for hydroxylation is 1. The minimum Gasteiger partial charge on any atom is -0.454 e. The molecule has 1 N–H and O–H groups in total. The standard InChI is InChI=1S/C19H14N4O3/c1-11-18(13-3-2-6-20-9-13)19-21-14(8-17(24)23(19)22-11)12-4-5-15-16(7-12)26-10-25-15/h2-9,21H,10H2,1H3. The Labute approximate surface area is 147 Å². The second-order valence-corrected chi connectivity index (χ2v) is 6.05. The maximum Gasteiger partial charge on any atom is 0.274 e. The van der Waals surface area contributed by atoms with Crippen LogP contribution < -0.4 is 15.0 Å². The fraction of sp³-hybridized carbons (Fsp3) is 0.105. The van der Waals surface area contributed by atoms with Gasteiger partial charge in [-0.1, -0.05) is 6.07 Å². The Bertz CT molecular complexity index is 1190. The van der Waals surface area contributed by atoms with Gasteiger partial charge in [0.15, 0.2) is 11.5 Å². The van der Waals surface area contributed by atoms with Crippen LogP contribution in [0.5, 0.6) is 11.5 Å². The van der Waals surface area contributed by atoms with Gasteiger partial charge >= 0.3 is 0 Å². The zero-order chi connectivity index (χ0) is 17.7. The quantitative estimate of drug-likeness (QED) is 0.603. The summed E-state index contributed by atoms with van der Waals surface area (Å²) in [4.78, 5) is 20.1. The van der Waals surface area contributed by atoms with E-state index >= 15 is 0 Å². The molecule has 0 aliphatic carbocycles. The summed E-state index contributed by atoms with van der Waals surface area (Å²) < 4.78 is 12.2. The van der Waals surface area contributed by atoms with Crippen LogP contribution in [0.3, 0.4) is 0 Å². The SMILES string of the molecule is Cc1nn2c(=O)cc(-c3ccc4c(c3)OCO4)[nH]c2c1-c1cccnc1. The average Bonchev–Trinajstić information content (AvgIpc) is 3.25. The number of benzene rings is 1. The summed E-state index contributed by atoms with van der Waals surface area (Å²) in [6.45, 7) is 2.09. The molecule has 0 spiro atoms. The van der Waals surface area contributed by atoms with E-state index in [0.29, 0.717) is 22.8 Å². The fourth-order valence-corrected chi connectivity index (χ4v) is 3.23. The van der Waals surface area contributed by atoms with Crippen molar-refractivity contribution < 1.29 is 9.47 Å². The van der Waals surface area contributed by atoms with Gasteiger partial charge in [-0.3, -0.25) is 9.78 Å². The molecule has 0 atom stereocenters. The van der Waals surface area contributed by atoms with Crippen molar-refractivity contribution in [3.8, 4) is 33.9 Å². The first-order valence-corrected chi connectivity index (χ1v) is 8.14.